The third-order valence-corrected chi connectivity index (χ3v) is 9.86. The number of rotatable bonds is 20. The minimum Gasteiger partial charge on any atom is -0.491 e. The number of para-hydroxylation sites is 1. The van der Waals surface area contributed by atoms with Gasteiger partial charge in [0.05, 0.1) is 6.61 Å². The Hall–Kier alpha value is -4.86. The van der Waals surface area contributed by atoms with E-state index < -0.39 is 78.2 Å². The predicted octanol–water partition coefficient (Wildman–Crippen LogP) is 3.68. The number of benzene rings is 3. The molecule has 0 saturated carbocycles. The highest BCUT2D eigenvalue weighted by molar-refractivity contribution is 5.93. The van der Waals surface area contributed by atoms with Gasteiger partial charge in [0.25, 0.3) is 0 Å². The molecule has 56 heavy (non-hydrogen) atoms. The van der Waals surface area contributed by atoms with Gasteiger partial charge >= 0.3 is 5.97 Å². The van der Waals surface area contributed by atoms with Crippen LogP contribution < -0.4 is 26.0 Å². The van der Waals surface area contributed by atoms with E-state index in [1.54, 1.807) is 37.3 Å². The number of amides is 3. The van der Waals surface area contributed by atoms with Crippen LogP contribution in [0.15, 0.2) is 91.0 Å². The Kier molecular flexibility index (Phi) is 15.0. The first kappa shape index (κ1) is 42.3. The molecule has 2 heterocycles. The van der Waals surface area contributed by atoms with E-state index >= 15 is 0 Å². The number of ether oxygens (including phenoxy) is 5. The van der Waals surface area contributed by atoms with Crippen LogP contribution in [-0.2, 0) is 51.3 Å². The SMILES string of the molecule is CCC(C)[C@H](NC(=O)[C@H](C)NC(=O)C[C@H](NCc1ccccc1)C1O[C@@H]2OC(C)(C)O[C@@H]2[C@H]1OCc1ccccc1)C(=O)N[C@@H](COc1ccccc1)C(=O)O. The number of carbonyl (C=O) groups excluding carboxylic acids is 3. The monoisotopic (exact) mass is 774 g/mol. The van der Waals surface area contributed by atoms with Crippen molar-refractivity contribution in [1.29, 1.82) is 0 Å². The van der Waals surface area contributed by atoms with Crippen LogP contribution >= 0.6 is 0 Å². The number of nitrogens with one attached hydrogen (secondary N) is 4. The maximum atomic E-state index is 13.7. The number of carboxylic acid groups (broad SMARTS) is 1. The van der Waals surface area contributed by atoms with Crippen LogP contribution in [0, 0.1) is 5.92 Å². The first-order chi connectivity index (χ1) is 26.8. The lowest BCUT2D eigenvalue weighted by atomic mass is 9.97. The van der Waals surface area contributed by atoms with Crippen LogP contribution in [0.4, 0.5) is 0 Å². The van der Waals surface area contributed by atoms with Gasteiger partial charge in [0.1, 0.15) is 42.8 Å². The van der Waals surface area contributed by atoms with Crippen molar-refractivity contribution in [2.75, 3.05) is 6.61 Å². The average Bonchev–Trinajstić information content (AvgIpc) is 3.67. The van der Waals surface area contributed by atoms with E-state index in [0.29, 0.717) is 18.7 Å². The maximum Gasteiger partial charge on any atom is 0.329 e. The zero-order chi connectivity index (χ0) is 40.2. The summed E-state index contributed by atoms with van der Waals surface area (Å²) < 4.78 is 30.8. The molecule has 2 aliphatic rings. The van der Waals surface area contributed by atoms with Gasteiger partial charge in [-0.1, -0.05) is 99.1 Å². The smallest absolute Gasteiger partial charge is 0.329 e. The second-order valence-corrected chi connectivity index (χ2v) is 14.7. The number of carbonyl (C=O) groups is 4. The number of hydrogen-bond acceptors (Lipinski definition) is 10. The van der Waals surface area contributed by atoms with Gasteiger partial charge in [-0.25, -0.2) is 4.79 Å². The summed E-state index contributed by atoms with van der Waals surface area (Å²) in [4.78, 5) is 52.7. The van der Waals surface area contributed by atoms with E-state index in [1.165, 1.54) is 6.92 Å². The third-order valence-electron chi connectivity index (χ3n) is 9.86. The van der Waals surface area contributed by atoms with Gasteiger partial charge in [0.2, 0.25) is 17.7 Å². The molecule has 0 spiro atoms. The fraction of sp³-hybridized carbons (Fsp3) is 0.476. The fourth-order valence-electron chi connectivity index (χ4n) is 6.61. The molecule has 9 atom stereocenters. The highest BCUT2D eigenvalue weighted by Crippen LogP contribution is 2.40. The largest absolute Gasteiger partial charge is 0.491 e. The predicted molar refractivity (Wildman–Crippen MR) is 206 cm³/mol. The van der Waals surface area contributed by atoms with Gasteiger partial charge in [-0.15, -0.1) is 0 Å². The van der Waals surface area contributed by atoms with Crippen molar-refractivity contribution in [3.8, 4) is 5.75 Å². The zero-order valence-electron chi connectivity index (χ0n) is 32.5. The number of hydrogen-bond donors (Lipinski definition) is 5. The van der Waals surface area contributed by atoms with E-state index in [2.05, 4.69) is 21.3 Å². The van der Waals surface area contributed by atoms with Crippen molar-refractivity contribution in [2.45, 2.75) is 115 Å². The summed E-state index contributed by atoms with van der Waals surface area (Å²) in [5, 5.41) is 21.3. The first-order valence-corrected chi connectivity index (χ1v) is 19.1. The Morgan fingerprint density at radius 3 is 2.07 bits per heavy atom. The topological polar surface area (TPSA) is 183 Å². The molecule has 5 rings (SSSR count). The molecule has 2 fully saturated rings. The van der Waals surface area contributed by atoms with Crippen molar-refractivity contribution in [3.63, 3.8) is 0 Å². The highest BCUT2D eigenvalue weighted by atomic mass is 16.8. The van der Waals surface area contributed by atoms with Crippen LogP contribution in [0.25, 0.3) is 0 Å². The van der Waals surface area contributed by atoms with Gasteiger partial charge < -0.3 is 50.1 Å². The number of carboxylic acids is 1. The van der Waals surface area contributed by atoms with Crippen molar-refractivity contribution in [1.82, 2.24) is 21.3 Å². The van der Waals surface area contributed by atoms with Crippen LogP contribution in [-0.4, -0.2) is 90.0 Å². The minimum atomic E-state index is -1.37. The quantitative estimate of drug-likeness (QED) is 0.113. The molecule has 5 N–H and O–H groups in total. The number of fused-ring (bicyclic) bond motifs is 1. The summed E-state index contributed by atoms with van der Waals surface area (Å²) in [6, 6.07) is 24.0. The lowest BCUT2D eigenvalue weighted by Crippen LogP contribution is -2.58. The van der Waals surface area contributed by atoms with Crippen LogP contribution in [0.5, 0.6) is 5.75 Å². The first-order valence-electron chi connectivity index (χ1n) is 19.1. The van der Waals surface area contributed by atoms with E-state index in [9.17, 15) is 24.3 Å². The summed E-state index contributed by atoms with van der Waals surface area (Å²) in [7, 11) is 0. The molecule has 3 aromatic carbocycles. The molecular weight excluding hydrogens is 720 g/mol. The molecule has 14 nitrogen and oxygen atoms in total. The summed E-state index contributed by atoms with van der Waals surface area (Å²) >= 11 is 0. The molecule has 302 valence electrons. The zero-order valence-corrected chi connectivity index (χ0v) is 32.5. The number of aliphatic carboxylic acids is 1. The van der Waals surface area contributed by atoms with E-state index in [-0.39, 0.29) is 25.6 Å². The van der Waals surface area contributed by atoms with E-state index in [4.69, 9.17) is 23.7 Å². The highest BCUT2D eigenvalue weighted by Gasteiger charge is 2.57. The lowest BCUT2D eigenvalue weighted by molar-refractivity contribution is -0.222. The molecule has 0 aromatic heterocycles. The van der Waals surface area contributed by atoms with Crippen LogP contribution in [0.3, 0.4) is 0 Å². The fourth-order valence-corrected chi connectivity index (χ4v) is 6.61. The molecule has 0 aliphatic carbocycles. The molecule has 0 radical (unpaired) electrons. The third kappa shape index (κ3) is 11.8. The van der Waals surface area contributed by atoms with Crippen molar-refractivity contribution >= 4 is 23.7 Å². The Morgan fingerprint density at radius 1 is 0.821 bits per heavy atom. The van der Waals surface area contributed by atoms with Gasteiger partial charge in [-0.2, -0.15) is 0 Å². The molecule has 2 aliphatic heterocycles. The Morgan fingerprint density at radius 2 is 1.45 bits per heavy atom. The Labute approximate surface area is 328 Å². The van der Waals surface area contributed by atoms with Crippen molar-refractivity contribution in [3.05, 3.63) is 102 Å². The average molecular weight is 775 g/mol. The van der Waals surface area contributed by atoms with Gasteiger partial charge in [-0.05, 0) is 49.9 Å². The summed E-state index contributed by atoms with van der Waals surface area (Å²) in [5.74, 6) is -3.83. The second kappa shape index (κ2) is 19.8. The molecular formula is C42H54N4O10. The summed E-state index contributed by atoms with van der Waals surface area (Å²) in [6.45, 7) is 9.14. The molecule has 3 amide bonds. The normalized spacial score (nSPS) is 22.4. The van der Waals surface area contributed by atoms with Crippen molar-refractivity contribution < 1.29 is 48.0 Å². The van der Waals surface area contributed by atoms with Crippen molar-refractivity contribution in [2.24, 2.45) is 5.92 Å². The molecule has 0 bridgehead atoms. The summed E-state index contributed by atoms with van der Waals surface area (Å²) in [5.41, 5.74) is 1.95. The Balaban J connectivity index is 1.25. The second-order valence-electron chi connectivity index (χ2n) is 14.7. The van der Waals surface area contributed by atoms with Gasteiger partial charge in [-0.3, -0.25) is 14.4 Å². The van der Waals surface area contributed by atoms with E-state index in [0.717, 1.165) is 11.1 Å². The Bertz CT molecular complexity index is 1730. The lowest BCUT2D eigenvalue weighted by Gasteiger charge is -2.32. The van der Waals surface area contributed by atoms with Gasteiger partial charge in [0, 0.05) is 19.0 Å². The summed E-state index contributed by atoms with van der Waals surface area (Å²) in [6.07, 6.45) is -2.14. The molecule has 14 heteroatoms. The minimum absolute atomic E-state index is 0.0971. The van der Waals surface area contributed by atoms with Crippen LogP contribution in [0.1, 0.15) is 58.6 Å². The van der Waals surface area contributed by atoms with Crippen LogP contribution in [0.2, 0.25) is 0 Å². The maximum absolute atomic E-state index is 13.7. The molecule has 2 saturated heterocycles. The molecule has 2 unspecified atom stereocenters. The van der Waals surface area contributed by atoms with Gasteiger partial charge in [0.15, 0.2) is 18.1 Å². The van der Waals surface area contributed by atoms with E-state index in [1.807, 2.05) is 81.4 Å². The molecule has 3 aromatic rings. The standard InChI is InChI=1S/C42H54N4O10/c1-6-26(2)34(39(49)45-32(40(50)51)25-52-30-20-14-9-15-21-30)46-38(48)27(3)44-33(47)22-31(43-23-28-16-10-7-11-17-28)35-36(53-24-29-18-12-8-13-19-29)37-41(54-35)56-42(4,5)55-37/h7-21,26-27,31-32,34-37,41,43H,6,22-25H2,1-5H3,(H,44,47)(H,45,49)(H,46,48)(H,50,51)/t26?,27-,31-,32-,34-,35?,36-,37+,41+/m0/s1.